The van der Waals surface area contributed by atoms with Gasteiger partial charge in [-0.05, 0) is 60.4 Å². The maximum Gasteiger partial charge on any atom is 0.228 e. The van der Waals surface area contributed by atoms with Crippen LogP contribution in [0.2, 0.25) is 0 Å². The number of hydrogen-bond donors (Lipinski definition) is 2. The Morgan fingerprint density at radius 1 is 1.36 bits per heavy atom. The Labute approximate surface area is 152 Å². The summed E-state index contributed by atoms with van der Waals surface area (Å²) in [4.78, 5) is 17.3. The summed E-state index contributed by atoms with van der Waals surface area (Å²) in [5, 5.41) is 6.73. The van der Waals surface area contributed by atoms with E-state index in [4.69, 9.17) is 0 Å². The SMILES string of the molecule is CCCC(C(=O)NC1CCc2c(ccc3[nH]ccc23)C1)c1cccs1. The summed E-state index contributed by atoms with van der Waals surface area (Å²) in [7, 11) is 0. The number of nitrogens with one attached hydrogen (secondary N) is 2. The van der Waals surface area contributed by atoms with Crippen LogP contribution in [0.1, 0.15) is 48.1 Å². The van der Waals surface area contributed by atoms with Crippen LogP contribution in [-0.2, 0) is 17.6 Å². The van der Waals surface area contributed by atoms with Crippen LogP contribution in [0.25, 0.3) is 10.9 Å². The Morgan fingerprint density at radius 3 is 3.08 bits per heavy atom. The lowest BCUT2D eigenvalue weighted by Gasteiger charge is -2.27. The number of thiophene rings is 1. The highest BCUT2D eigenvalue weighted by Gasteiger charge is 2.26. The molecule has 1 aromatic carbocycles. The van der Waals surface area contributed by atoms with Crippen molar-refractivity contribution in [3.8, 4) is 0 Å². The molecule has 25 heavy (non-hydrogen) atoms. The predicted octanol–water partition coefficient (Wildman–Crippen LogP) is 4.79. The zero-order valence-corrected chi connectivity index (χ0v) is 15.4. The van der Waals surface area contributed by atoms with Gasteiger partial charge in [0.15, 0.2) is 0 Å². The van der Waals surface area contributed by atoms with Crippen molar-refractivity contribution in [1.82, 2.24) is 10.3 Å². The molecule has 2 aromatic heterocycles. The molecule has 2 atom stereocenters. The van der Waals surface area contributed by atoms with Crippen molar-refractivity contribution in [2.45, 2.75) is 51.0 Å². The Morgan fingerprint density at radius 2 is 2.28 bits per heavy atom. The van der Waals surface area contributed by atoms with Crippen LogP contribution < -0.4 is 5.32 Å². The van der Waals surface area contributed by atoms with Crippen LogP contribution in [0.3, 0.4) is 0 Å². The summed E-state index contributed by atoms with van der Waals surface area (Å²) in [5.74, 6) is 0.194. The molecule has 0 bridgehead atoms. The molecule has 2 unspecified atom stereocenters. The number of aromatic amines is 1. The molecule has 4 heteroatoms. The van der Waals surface area contributed by atoms with E-state index >= 15 is 0 Å². The van der Waals surface area contributed by atoms with Crippen molar-refractivity contribution in [3.63, 3.8) is 0 Å². The molecule has 2 heterocycles. The number of carbonyl (C=O) groups is 1. The molecular formula is C21H24N2OS. The molecule has 0 aliphatic heterocycles. The van der Waals surface area contributed by atoms with Crippen molar-refractivity contribution in [3.05, 3.63) is 57.9 Å². The summed E-state index contributed by atoms with van der Waals surface area (Å²) in [5.41, 5.74) is 4.04. The first-order chi connectivity index (χ1) is 12.3. The molecule has 3 aromatic rings. The van der Waals surface area contributed by atoms with E-state index in [1.54, 1.807) is 11.3 Å². The molecule has 0 saturated heterocycles. The van der Waals surface area contributed by atoms with Crippen LogP contribution in [0, 0.1) is 0 Å². The molecule has 0 saturated carbocycles. The van der Waals surface area contributed by atoms with Crippen molar-refractivity contribution in [2.24, 2.45) is 0 Å². The van der Waals surface area contributed by atoms with Gasteiger partial charge in [0.1, 0.15) is 0 Å². The van der Waals surface area contributed by atoms with Gasteiger partial charge in [-0.2, -0.15) is 0 Å². The highest BCUT2D eigenvalue weighted by atomic mass is 32.1. The first-order valence-electron chi connectivity index (χ1n) is 9.18. The lowest BCUT2D eigenvalue weighted by atomic mass is 9.86. The van der Waals surface area contributed by atoms with Gasteiger partial charge in [0, 0.05) is 28.0 Å². The number of rotatable bonds is 5. The highest BCUT2D eigenvalue weighted by Crippen LogP contribution is 2.30. The number of hydrogen-bond acceptors (Lipinski definition) is 2. The Balaban J connectivity index is 1.49. The van der Waals surface area contributed by atoms with Crippen LogP contribution in [-0.4, -0.2) is 16.9 Å². The average molecular weight is 353 g/mol. The normalized spacial score (nSPS) is 18.0. The summed E-state index contributed by atoms with van der Waals surface area (Å²) < 4.78 is 0. The van der Waals surface area contributed by atoms with E-state index in [1.807, 2.05) is 12.3 Å². The van der Waals surface area contributed by atoms with Gasteiger partial charge in [-0.15, -0.1) is 11.3 Å². The molecule has 1 aliphatic rings. The lowest BCUT2D eigenvalue weighted by molar-refractivity contribution is -0.123. The quantitative estimate of drug-likeness (QED) is 0.681. The third-order valence-corrected chi connectivity index (χ3v) is 6.26. The van der Waals surface area contributed by atoms with Crippen LogP contribution in [0.5, 0.6) is 0 Å². The summed E-state index contributed by atoms with van der Waals surface area (Å²) in [6.07, 6.45) is 6.94. The fraction of sp³-hybridized carbons (Fsp3) is 0.381. The van der Waals surface area contributed by atoms with Crippen molar-refractivity contribution >= 4 is 28.1 Å². The molecule has 3 nitrogen and oxygen atoms in total. The predicted molar refractivity (Wildman–Crippen MR) is 104 cm³/mol. The van der Waals surface area contributed by atoms with E-state index in [2.05, 4.69) is 46.9 Å². The second-order valence-corrected chi connectivity index (χ2v) is 7.93. The number of amides is 1. The van der Waals surface area contributed by atoms with E-state index in [0.717, 1.165) is 32.1 Å². The minimum atomic E-state index is -0.00134. The maximum atomic E-state index is 12.9. The zero-order valence-electron chi connectivity index (χ0n) is 14.5. The van der Waals surface area contributed by atoms with E-state index < -0.39 is 0 Å². The maximum absolute atomic E-state index is 12.9. The second kappa shape index (κ2) is 7.04. The van der Waals surface area contributed by atoms with Gasteiger partial charge in [-0.1, -0.05) is 25.5 Å². The first-order valence-corrected chi connectivity index (χ1v) is 10.1. The van der Waals surface area contributed by atoms with Gasteiger partial charge in [-0.25, -0.2) is 0 Å². The number of fused-ring (bicyclic) bond motifs is 3. The molecule has 1 amide bonds. The van der Waals surface area contributed by atoms with E-state index in [1.165, 1.54) is 26.9 Å². The average Bonchev–Trinajstić information content (AvgIpc) is 3.30. The zero-order chi connectivity index (χ0) is 17.2. The van der Waals surface area contributed by atoms with Crippen molar-refractivity contribution < 1.29 is 4.79 Å². The van der Waals surface area contributed by atoms with E-state index in [9.17, 15) is 4.79 Å². The molecular weight excluding hydrogens is 328 g/mol. The van der Waals surface area contributed by atoms with Crippen LogP contribution >= 0.6 is 11.3 Å². The van der Waals surface area contributed by atoms with E-state index in [0.29, 0.717) is 0 Å². The monoisotopic (exact) mass is 352 g/mol. The number of carbonyl (C=O) groups excluding carboxylic acids is 1. The van der Waals surface area contributed by atoms with E-state index in [-0.39, 0.29) is 17.9 Å². The standard InChI is InChI=1S/C21H24N2OS/c1-2-4-18(20-5-3-12-25-20)21(24)23-15-7-8-16-14(13-15)6-9-19-17(16)10-11-22-19/h3,5-6,9-12,15,18,22H,2,4,7-8,13H2,1H3,(H,23,24). The third kappa shape index (κ3) is 3.23. The van der Waals surface area contributed by atoms with Gasteiger partial charge in [0.25, 0.3) is 0 Å². The van der Waals surface area contributed by atoms with Gasteiger partial charge in [0.05, 0.1) is 5.92 Å². The van der Waals surface area contributed by atoms with Crippen molar-refractivity contribution in [1.29, 1.82) is 0 Å². The van der Waals surface area contributed by atoms with Crippen molar-refractivity contribution in [2.75, 3.05) is 0 Å². The largest absolute Gasteiger partial charge is 0.361 e. The van der Waals surface area contributed by atoms with Crippen LogP contribution in [0.4, 0.5) is 0 Å². The highest BCUT2D eigenvalue weighted by molar-refractivity contribution is 7.10. The van der Waals surface area contributed by atoms with Crippen LogP contribution in [0.15, 0.2) is 41.9 Å². The summed E-state index contributed by atoms with van der Waals surface area (Å²) in [6, 6.07) is 10.9. The Hall–Kier alpha value is -2.07. The molecule has 0 fully saturated rings. The Kier molecular flexibility index (Phi) is 4.62. The summed E-state index contributed by atoms with van der Waals surface area (Å²) in [6.45, 7) is 2.15. The van der Waals surface area contributed by atoms with Gasteiger partial charge < -0.3 is 10.3 Å². The van der Waals surface area contributed by atoms with Gasteiger partial charge >= 0.3 is 0 Å². The molecule has 0 radical (unpaired) electrons. The summed E-state index contributed by atoms with van der Waals surface area (Å²) >= 11 is 1.69. The molecule has 0 spiro atoms. The third-order valence-electron chi connectivity index (χ3n) is 5.28. The smallest absolute Gasteiger partial charge is 0.228 e. The number of aromatic nitrogens is 1. The first kappa shape index (κ1) is 16.4. The minimum absolute atomic E-state index is 0.00134. The number of benzene rings is 1. The molecule has 2 N–H and O–H groups in total. The lowest BCUT2D eigenvalue weighted by Crippen LogP contribution is -2.41. The topological polar surface area (TPSA) is 44.9 Å². The van der Waals surface area contributed by atoms with Gasteiger partial charge in [0.2, 0.25) is 5.91 Å². The number of H-pyrrole nitrogens is 1. The van der Waals surface area contributed by atoms with Gasteiger partial charge in [-0.3, -0.25) is 4.79 Å². The Bertz CT molecular complexity index is 865. The fourth-order valence-corrected chi connectivity index (χ4v) is 4.88. The number of aryl methyl sites for hydroxylation is 1. The second-order valence-electron chi connectivity index (χ2n) is 6.95. The molecule has 4 rings (SSSR count). The molecule has 1 aliphatic carbocycles. The molecule has 130 valence electrons. The minimum Gasteiger partial charge on any atom is -0.361 e. The fourth-order valence-electron chi connectivity index (χ4n) is 4.02.